The Morgan fingerprint density at radius 1 is 1.25 bits per heavy atom. The zero-order valence-electron chi connectivity index (χ0n) is 10.4. The first-order valence-electron chi connectivity index (χ1n) is 5.79. The van der Waals surface area contributed by atoms with Crippen molar-refractivity contribution in [1.82, 2.24) is 0 Å². The first-order valence-corrected chi connectivity index (χ1v) is 7.95. The van der Waals surface area contributed by atoms with Crippen LogP contribution in [0.2, 0.25) is 5.02 Å². The van der Waals surface area contributed by atoms with Crippen molar-refractivity contribution in [3.05, 3.63) is 52.0 Å². The number of halogens is 2. The van der Waals surface area contributed by atoms with Crippen molar-refractivity contribution in [2.24, 2.45) is 0 Å². The molecule has 1 amide bonds. The molecule has 0 saturated heterocycles. The molecule has 0 aliphatic rings. The van der Waals surface area contributed by atoms with Crippen LogP contribution in [0.1, 0.15) is 0 Å². The summed E-state index contributed by atoms with van der Waals surface area (Å²) in [5.41, 5.74) is 7.16. The van der Waals surface area contributed by atoms with Gasteiger partial charge in [-0.05, 0) is 40.2 Å². The van der Waals surface area contributed by atoms with Gasteiger partial charge in [0, 0.05) is 15.1 Å². The minimum absolute atomic E-state index is 0.110. The zero-order chi connectivity index (χ0) is 14.5. The number of anilines is 2. The molecule has 0 heterocycles. The third-order valence-electron chi connectivity index (χ3n) is 2.49. The summed E-state index contributed by atoms with van der Waals surface area (Å²) < 4.78 is 0.843. The summed E-state index contributed by atoms with van der Waals surface area (Å²) in [6.07, 6.45) is 0. The average Bonchev–Trinajstić information content (AvgIpc) is 2.41. The van der Waals surface area contributed by atoms with E-state index >= 15 is 0 Å². The lowest BCUT2D eigenvalue weighted by Crippen LogP contribution is -2.14. The molecule has 0 radical (unpaired) electrons. The van der Waals surface area contributed by atoms with E-state index < -0.39 is 0 Å². The van der Waals surface area contributed by atoms with Gasteiger partial charge in [-0.2, -0.15) is 0 Å². The number of carbonyl (C=O) groups excluding carboxylic acids is 1. The van der Waals surface area contributed by atoms with E-state index in [2.05, 4.69) is 21.2 Å². The highest BCUT2D eigenvalue weighted by molar-refractivity contribution is 9.10. The van der Waals surface area contributed by atoms with Crippen LogP contribution in [0.15, 0.2) is 51.8 Å². The molecular formula is C14H12BrClN2OS. The summed E-state index contributed by atoms with van der Waals surface area (Å²) >= 11 is 10.8. The number of thioether (sulfide) groups is 1. The van der Waals surface area contributed by atoms with E-state index in [0.29, 0.717) is 10.7 Å². The highest BCUT2D eigenvalue weighted by Gasteiger charge is 2.09. The average molecular weight is 372 g/mol. The number of nitrogens with two attached hydrogens (primary N) is 1. The first kappa shape index (κ1) is 15.2. The Kier molecular flexibility index (Phi) is 5.34. The van der Waals surface area contributed by atoms with E-state index in [0.717, 1.165) is 15.1 Å². The van der Waals surface area contributed by atoms with Gasteiger partial charge in [-0.25, -0.2) is 0 Å². The van der Waals surface area contributed by atoms with E-state index in [1.807, 2.05) is 24.3 Å². The van der Waals surface area contributed by atoms with Crippen LogP contribution in [-0.2, 0) is 4.79 Å². The Balaban J connectivity index is 1.98. The van der Waals surface area contributed by atoms with Crippen LogP contribution in [0.3, 0.4) is 0 Å². The molecule has 0 aliphatic heterocycles. The standard InChI is InChI=1S/C14H12BrClN2OS/c15-9-4-1-2-7-12(9)18-13(19)8-20-14-10(16)5-3-6-11(14)17/h1-7H,8,17H2,(H,18,19). The number of rotatable bonds is 4. The summed E-state index contributed by atoms with van der Waals surface area (Å²) in [6, 6.07) is 12.7. The highest BCUT2D eigenvalue weighted by atomic mass is 79.9. The predicted molar refractivity (Wildman–Crippen MR) is 89.4 cm³/mol. The van der Waals surface area contributed by atoms with Crippen molar-refractivity contribution < 1.29 is 4.79 Å². The lowest BCUT2D eigenvalue weighted by atomic mass is 10.3. The Hall–Kier alpha value is -1.17. The number of nitrogens with one attached hydrogen (secondary N) is 1. The summed E-state index contributed by atoms with van der Waals surface area (Å²) in [5.74, 6) is 0.135. The van der Waals surface area contributed by atoms with Gasteiger partial charge >= 0.3 is 0 Å². The molecule has 20 heavy (non-hydrogen) atoms. The zero-order valence-corrected chi connectivity index (χ0v) is 13.6. The van der Waals surface area contributed by atoms with Crippen LogP contribution in [-0.4, -0.2) is 11.7 Å². The lowest BCUT2D eigenvalue weighted by Gasteiger charge is -2.09. The smallest absolute Gasteiger partial charge is 0.234 e. The Morgan fingerprint density at radius 2 is 2.00 bits per heavy atom. The second-order valence-corrected chi connectivity index (χ2v) is 6.22. The number of hydrogen-bond donors (Lipinski definition) is 2. The van der Waals surface area contributed by atoms with Gasteiger partial charge in [0.25, 0.3) is 0 Å². The molecule has 3 N–H and O–H groups in total. The van der Waals surface area contributed by atoms with Crippen LogP contribution in [0.25, 0.3) is 0 Å². The van der Waals surface area contributed by atoms with Gasteiger partial charge < -0.3 is 11.1 Å². The monoisotopic (exact) mass is 370 g/mol. The van der Waals surface area contributed by atoms with Crippen LogP contribution >= 0.6 is 39.3 Å². The van der Waals surface area contributed by atoms with Gasteiger partial charge in [-0.3, -0.25) is 4.79 Å². The number of nitrogen functional groups attached to an aromatic ring is 1. The fourth-order valence-electron chi connectivity index (χ4n) is 1.56. The van der Waals surface area contributed by atoms with E-state index in [1.54, 1.807) is 18.2 Å². The molecule has 0 fully saturated rings. The molecule has 2 rings (SSSR count). The predicted octanol–water partition coefficient (Wildman–Crippen LogP) is 4.42. The van der Waals surface area contributed by atoms with E-state index in [4.69, 9.17) is 17.3 Å². The molecule has 3 nitrogen and oxygen atoms in total. The third kappa shape index (κ3) is 3.91. The van der Waals surface area contributed by atoms with Crippen LogP contribution in [0, 0.1) is 0 Å². The molecule has 0 unspecified atom stereocenters. The van der Waals surface area contributed by atoms with Crippen LogP contribution in [0.5, 0.6) is 0 Å². The van der Waals surface area contributed by atoms with Gasteiger partial charge in [0.15, 0.2) is 0 Å². The molecule has 104 valence electrons. The molecule has 0 spiro atoms. The van der Waals surface area contributed by atoms with Gasteiger partial charge in [0.1, 0.15) is 0 Å². The number of amides is 1. The Bertz CT molecular complexity index is 616. The molecule has 0 bridgehead atoms. The molecule has 0 atom stereocenters. The van der Waals surface area contributed by atoms with Crippen molar-refractivity contribution in [2.45, 2.75) is 4.90 Å². The van der Waals surface area contributed by atoms with Crippen molar-refractivity contribution in [3.63, 3.8) is 0 Å². The fraction of sp³-hybridized carbons (Fsp3) is 0.0714. The van der Waals surface area contributed by atoms with E-state index in [9.17, 15) is 4.79 Å². The van der Waals surface area contributed by atoms with Crippen molar-refractivity contribution in [2.75, 3.05) is 16.8 Å². The van der Waals surface area contributed by atoms with Crippen molar-refractivity contribution in [1.29, 1.82) is 0 Å². The minimum atomic E-state index is -0.110. The maximum Gasteiger partial charge on any atom is 0.234 e. The normalized spacial score (nSPS) is 10.3. The second-order valence-electron chi connectivity index (χ2n) is 3.97. The third-order valence-corrected chi connectivity index (χ3v) is 4.76. The molecule has 6 heteroatoms. The van der Waals surface area contributed by atoms with Gasteiger partial charge in [0.2, 0.25) is 5.91 Å². The first-order chi connectivity index (χ1) is 9.58. The SMILES string of the molecule is Nc1cccc(Cl)c1SCC(=O)Nc1ccccc1Br. The summed E-state index contributed by atoms with van der Waals surface area (Å²) in [4.78, 5) is 12.7. The highest BCUT2D eigenvalue weighted by Crippen LogP contribution is 2.32. The van der Waals surface area contributed by atoms with Crippen molar-refractivity contribution >= 4 is 56.6 Å². The molecule has 0 saturated carbocycles. The van der Waals surface area contributed by atoms with E-state index in [1.165, 1.54) is 11.8 Å². The summed E-state index contributed by atoms with van der Waals surface area (Å²) in [6.45, 7) is 0. The maximum atomic E-state index is 11.9. The minimum Gasteiger partial charge on any atom is -0.398 e. The van der Waals surface area contributed by atoms with Crippen LogP contribution < -0.4 is 11.1 Å². The number of hydrogen-bond acceptors (Lipinski definition) is 3. The van der Waals surface area contributed by atoms with Crippen LogP contribution in [0.4, 0.5) is 11.4 Å². The van der Waals surface area contributed by atoms with Gasteiger partial charge in [-0.1, -0.05) is 29.8 Å². The number of carbonyl (C=O) groups is 1. The lowest BCUT2D eigenvalue weighted by molar-refractivity contribution is -0.113. The second kappa shape index (κ2) is 7.02. The quantitative estimate of drug-likeness (QED) is 0.618. The summed E-state index contributed by atoms with van der Waals surface area (Å²) in [5, 5.41) is 3.39. The maximum absolute atomic E-state index is 11.9. The number of benzene rings is 2. The molecular weight excluding hydrogens is 360 g/mol. The summed E-state index contributed by atoms with van der Waals surface area (Å²) in [7, 11) is 0. The van der Waals surface area contributed by atoms with Crippen molar-refractivity contribution in [3.8, 4) is 0 Å². The van der Waals surface area contributed by atoms with Gasteiger partial charge in [-0.15, -0.1) is 11.8 Å². The Morgan fingerprint density at radius 3 is 2.70 bits per heavy atom. The van der Waals surface area contributed by atoms with E-state index in [-0.39, 0.29) is 11.7 Å². The molecule has 0 aliphatic carbocycles. The Labute approximate surface area is 135 Å². The topological polar surface area (TPSA) is 55.1 Å². The molecule has 0 aromatic heterocycles. The number of para-hydroxylation sites is 1. The molecule has 2 aromatic rings. The molecule has 2 aromatic carbocycles. The van der Waals surface area contributed by atoms with Gasteiger partial charge in [0.05, 0.1) is 16.5 Å². The fourth-order valence-corrected chi connectivity index (χ4v) is 3.08. The largest absolute Gasteiger partial charge is 0.398 e.